The zero-order chi connectivity index (χ0) is 51.4. The highest BCUT2D eigenvalue weighted by Crippen LogP contribution is 2.18. The summed E-state index contributed by atoms with van der Waals surface area (Å²) >= 11 is 0. The molecule has 0 radical (unpaired) electrons. The van der Waals surface area contributed by atoms with Gasteiger partial charge in [-0.05, 0) is 32.1 Å². The molecule has 0 aliphatic rings. The minimum absolute atomic E-state index is 0.0204. The Labute approximate surface area is 444 Å². The number of carbonyl (C=O) groups is 2. The van der Waals surface area contributed by atoms with E-state index in [9.17, 15) is 19.8 Å². The molecular formula is C65H127NO5. The number of hydrogen-bond acceptors (Lipinski definition) is 5. The molecule has 6 heteroatoms. The van der Waals surface area contributed by atoms with Crippen LogP contribution in [0.2, 0.25) is 0 Å². The van der Waals surface area contributed by atoms with Gasteiger partial charge in [0, 0.05) is 12.8 Å². The van der Waals surface area contributed by atoms with Gasteiger partial charge in [0.05, 0.1) is 25.4 Å². The molecule has 0 aromatic carbocycles. The molecule has 0 rings (SSSR count). The molecular weight excluding hydrogens is 875 g/mol. The lowest BCUT2D eigenvalue weighted by Crippen LogP contribution is -2.45. The van der Waals surface area contributed by atoms with Crippen LogP contribution >= 0.6 is 0 Å². The summed E-state index contributed by atoms with van der Waals surface area (Å²) in [6, 6.07) is -0.623. The van der Waals surface area contributed by atoms with Gasteiger partial charge in [-0.2, -0.15) is 0 Å². The van der Waals surface area contributed by atoms with Crippen molar-refractivity contribution < 1.29 is 24.5 Å². The van der Waals surface area contributed by atoms with Crippen molar-refractivity contribution in [2.75, 3.05) is 13.2 Å². The van der Waals surface area contributed by atoms with Crippen LogP contribution in [0.25, 0.3) is 0 Å². The lowest BCUT2D eigenvalue weighted by molar-refractivity contribution is -0.143. The van der Waals surface area contributed by atoms with Gasteiger partial charge in [0.1, 0.15) is 0 Å². The Hall–Kier alpha value is -1.40. The summed E-state index contributed by atoms with van der Waals surface area (Å²) in [7, 11) is 0. The fraction of sp³-hybridized carbons (Fsp3) is 0.938. The molecule has 0 spiro atoms. The number of amides is 1. The first-order chi connectivity index (χ1) is 35.0. The van der Waals surface area contributed by atoms with Gasteiger partial charge in [0.2, 0.25) is 5.91 Å². The van der Waals surface area contributed by atoms with E-state index in [0.29, 0.717) is 19.4 Å². The van der Waals surface area contributed by atoms with Crippen molar-refractivity contribution >= 4 is 11.9 Å². The van der Waals surface area contributed by atoms with Gasteiger partial charge < -0.3 is 20.3 Å². The monoisotopic (exact) mass is 1000 g/mol. The number of ether oxygens (including phenoxy) is 1. The minimum atomic E-state index is -0.840. The first-order valence-corrected chi connectivity index (χ1v) is 32.5. The highest BCUT2D eigenvalue weighted by Gasteiger charge is 2.18. The number of nitrogens with one attached hydrogen (secondary N) is 1. The molecule has 6 nitrogen and oxygen atoms in total. The summed E-state index contributed by atoms with van der Waals surface area (Å²) in [5, 5.41) is 23.1. The second-order valence-electron chi connectivity index (χ2n) is 22.5. The van der Waals surface area contributed by atoms with Gasteiger partial charge in [-0.3, -0.25) is 9.59 Å². The molecule has 71 heavy (non-hydrogen) atoms. The Bertz CT molecular complexity index is 1060. The van der Waals surface area contributed by atoms with Crippen molar-refractivity contribution in [2.24, 2.45) is 0 Å². The lowest BCUT2D eigenvalue weighted by atomic mass is 10.0. The molecule has 0 aromatic rings. The summed E-state index contributed by atoms with van der Waals surface area (Å²) in [6.07, 6.45) is 74.2. The molecule has 0 aliphatic heterocycles. The van der Waals surface area contributed by atoms with Gasteiger partial charge >= 0.3 is 5.97 Å². The number of hydrogen-bond donors (Lipinski definition) is 3. The maximum Gasteiger partial charge on any atom is 0.305 e. The number of unbranched alkanes of at least 4 members (excludes halogenated alkanes) is 50. The third-order valence-electron chi connectivity index (χ3n) is 15.3. The molecule has 422 valence electrons. The molecule has 0 aliphatic carbocycles. The third kappa shape index (κ3) is 57.7. The van der Waals surface area contributed by atoms with Crippen molar-refractivity contribution in [1.82, 2.24) is 5.32 Å². The average molecular weight is 1000 g/mol. The van der Waals surface area contributed by atoms with E-state index in [1.807, 2.05) is 6.08 Å². The van der Waals surface area contributed by atoms with Crippen molar-refractivity contribution in [1.29, 1.82) is 0 Å². The molecule has 0 bridgehead atoms. The van der Waals surface area contributed by atoms with Gasteiger partial charge in [-0.15, -0.1) is 0 Å². The third-order valence-corrected chi connectivity index (χ3v) is 15.3. The zero-order valence-electron chi connectivity index (χ0n) is 48.2. The molecule has 2 unspecified atom stereocenters. The molecule has 0 saturated carbocycles. The standard InChI is InChI=1S/C65H127NO5/c1-3-5-7-9-11-13-15-34-37-41-45-49-53-57-63(68)62(61-67)66-64(69)58-54-50-46-42-38-35-32-30-28-26-24-22-20-18-17-19-21-23-25-27-29-31-33-36-40-44-48-52-56-60-71-65(70)59-55-51-47-43-39-16-14-12-10-8-6-4-2/h53,57,62-63,67-68H,3-52,54-56,58-61H2,1-2H3,(H,66,69)/b57-53+. The quantitative estimate of drug-likeness (QED) is 0.0320. The predicted molar refractivity (Wildman–Crippen MR) is 310 cm³/mol. The number of rotatable bonds is 61. The van der Waals surface area contributed by atoms with E-state index in [1.54, 1.807) is 6.08 Å². The summed E-state index contributed by atoms with van der Waals surface area (Å²) < 4.78 is 5.48. The SMILES string of the molecule is CCCCCCCCCCCCC/C=C/C(O)C(CO)NC(=O)CCCCCCCCCCCCCCCCCCCCCCCCCCCCCCCOC(=O)CCCCCCCCCCCCCC. The van der Waals surface area contributed by atoms with Gasteiger partial charge in [-0.25, -0.2) is 0 Å². The smallest absolute Gasteiger partial charge is 0.305 e. The van der Waals surface area contributed by atoms with Crippen LogP contribution in [0.3, 0.4) is 0 Å². The normalized spacial score (nSPS) is 12.6. The van der Waals surface area contributed by atoms with Crippen molar-refractivity contribution in [2.45, 2.75) is 379 Å². The topological polar surface area (TPSA) is 95.9 Å². The van der Waals surface area contributed by atoms with Crippen LogP contribution in [0.15, 0.2) is 12.2 Å². The van der Waals surface area contributed by atoms with Crippen LogP contribution in [-0.4, -0.2) is 47.4 Å². The minimum Gasteiger partial charge on any atom is -0.466 e. The fourth-order valence-corrected chi connectivity index (χ4v) is 10.3. The van der Waals surface area contributed by atoms with Gasteiger partial charge in [0.15, 0.2) is 0 Å². The van der Waals surface area contributed by atoms with E-state index in [-0.39, 0.29) is 18.5 Å². The Morgan fingerprint density at radius 2 is 0.648 bits per heavy atom. The summed E-state index contributed by atoms with van der Waals surface area (Å²) in [4.78, 5) is 24.5. The highest BCUT2D eigenvalue weighted by atomic mass is 16.5. The Balaban J connectivity index is 3.33. The number of carbonyl (C=O) groups excluding carboxylic acids is 2. The molecule has 0 saturated heterocycles. The predicted octanol–water partition coefficient (Wildman–Crippen LogP) is 20.4. The van der Waals surface area contributed by atoms with Crippen LogP contribution in [0.4, 0.5) is 0 Å². The summed E-state index contributed by atoms with van der Waals surface area (Å²) in [5.41, 5.74) is 0. The fourth-order valence-electron chi connectivity index (χ4n) is 10.3. The molecule has 0 aromatic heterocycles. The molecule has 2 atom stereocenters. The first-order valence-electron chi connectivity index (χ1n) is 32.5. The van der Waals surface area contributed by atoms with Crippen LogP contribution in [0.1, 0.15) is 367 Å². The highest BCUT2D eigenvalue weighted by molar-refractivity contribution is 5.76. The zero-order valence-corrected chi connectivity index (χ0v) is 48.2. The van der Waals surface area contributed by atoms with E-state index < -0.39 is 12.1 Å². The number of aliphatic hydroxyl groups excluding tert-OH is 2. The van der Waals surface area contributed by atoms with Crippen LogP contribution < -0.4 is 5.32 Å². The average Bonchev–Trinajstić information content (AvgIpc) is 3.37. The van der Waals surface area contributed by atoms with E-state index >= 15 is 0 Å². The van der Waals surface area contributed by atoms with Crippen molar-refractivity contribution in [3.05, 3.63) is 12.2 Å². The summed E-state index contributed by atoms with van der Waals surface area (Å²) in [6.45, 7) is 4.93. The van der Waals surface area contributed by atoms with Crippen molar-refractivity contribution in [3.8, 4) is 0 Å². The van der Waals surface area contributed by atoms with Crippen LogP contribution in [-0.2, 0) is 14.3 Å². The van der Waals surface area contributed by atoms with E-state index in [0.717, 1.165) is 38.5 Å². The Kier molecular flexibility index (Phi) is 59.9. The number of aliphatic hydroxyl groups is 2. The second-order valence-corrected chi connectivity index (χ2v) is 22.5. The Morgan fingerprint density at radius 3 is 0.958 bits per heavy atom. The van der Waals surface area contributed by atoms with Crippen LogP contribution in [0.5, 0.6) is 0 Å². The molecule has 1 amide bonds. The first kappa shape index (κ1) is 69.6. The maximum atomic E-state index is 12.5. The number of allylic oxidation sites excluding steroid dienone is 1. The van der Waals surface area contributed by atoms with E-state index in [4.69, 9.17) is 4.74 Å². The summed E-state index contributed by atoms with van der Waals surface area (Å²) in [5.74, 6) is -0.0424. The van der Waals surface area contributed by atoms with Crippen LogP contribution in [0, 0.1) is 0 Å². The largest absolute Gasteiger partial charge is 0.466 e. The maximum absolute atomic E-state index is 12.5. The van der Waals surface area contributed by atoms with Gasteiger partial charge in [0.25, 0.3) is 0 Å². The molecule has 3 N–H and O–H groups in total. The Morgan fingerprint density at radius 1 is 0.380 bits per heavy atom. The molecule has 0 fully saturated rings. The van der Waals surface area contributed by atoms with Crippen molar-refractivity contribution in [3.63, 3.8) is 0 Å². The molecule has 0 heterocycles. The van der Waals surface area contributed by atoms with E-state index in [2.05, 4.69) is 19.2 Å². The number of esters is 1. The second kappa shape index (κ2) is 61.1. The lowest BCUT2D eigenvalue weighted by Gasteiger charge is -2.20. The van der Waals surface area contributed by atoms with E-state index in [1.165, 1.54) is 302 Å². The van der Waals surface area contributed by atoms with Gasteiger partial charge in [-0.1, -0.05) is 334 Å².